The van der Waals surface area contributed by atoms with Crippen molar-refractivity contribution in [3.05, 3.63) is 36.5 Å². The maximum atomic E-state index is 9.38. The van der Waals surface area contributed by atoms with Gasteiger partial charge in [0, 0.05) is 18.3 Å². The molecule has 1 heterocycles. The van der Waals surface area contributed by atoms with E-state index in [4.69, 9.17) is 5.73 Å². The fourth-order valence-corrected chi connectivity index (χ4v) is 1.54. The van der Waals surface area contributed by atoms with Crippen molar-refractivity contribution in [2.45, 2.75) is 6.54 Å². The molecule has 0 unspecified atom stereocenters. The summed E-state index contributed by atoms with van der Waals surface area (Å²) >= 11 is 0. The molecule has 78 valence electrons. The summed E-state index contributed by atoms with van der Waals surface area (Å²) in [6.45, 7) is 1.23. The van der Waals surface area contributed by atoms with Crippen LogP contribution in [0.25, 0.3) is 11.3 Å². The Balaban J connectivity index is 2.40. The molecule has 0 spiro atoms. The number of hydrogen-bond donors (Lipinski definition) is 2. The zero-order valence-corrected chi connectivity index (χ0v) is 8.30. The average molecular weight is 203 g/mol. The summed E-state index contributed by atoms with van der Waals surface area (Å²) in [5.41, 5.74) is 7.40. The molecule has 1 aromatic carbocycles. The van der Waals surface area contributed by atoms with Gasteiger partial charge in [0.15, 0.2) is 0 Å². The second-order valence-corrected chi connectivity index (χ2v) is 3.28. The van der Waals surface area contributed by atoms with E-state index in [0.29, 0.717) is 13.1 Å². The van der Waals surface area contributed by atoms with Crippen LogP contribution in [-0.2, 0) is 6.54 Å². The predicted molar refractivity (Wildman–Crippen MR) is 58.4 cm³/mol. The van der Waals surface area contributed by atoms with Crippen LogP contribution in [0, 0.1) is 0 Å². The van der Waals surface area contributed by atoms with Crippen molar-refractivity contribution in [3.8, 4) is 17.0 Å². The number of hydrogen-bond acceptors (Lipinski definition) is 3. The second-order valence-electron chi connectivity index (χ2n) is 3.28. The molecule has 0 aliphatic rings. The van der Waals surface area contributed by atoms with E-state index in [0.717, 1.165) is 11.3 Å². The lowest BCUT2D eigenvalue weighted by atomic mass is 10.1. The molecule has 3 N–H and O–H groups in total. The summed E-state index contributed by atoms with van der Waals surface area (Å²) in [4.78, 5) is 0. The first-order valence-corrected chi connectivity index (χ1v) is 4.82. The number of nitrogens with zero attached hydrogens (tertiary/aromatic N) is 2. The van der Waals surface area contributed by atoms with Gasteiger partial charge in [0.25, 0.3) is 0 Å². The molecule has 4 nitrogen and oxygen atoms in total. The van der Waals surface area contributed by atoms with Gasteiger partial charge in [-0.05, 0) is 18.2 Å². The van der Waals surface area contributed by atoms with Gasteiger partial charge in [0.2, 0.25) is 0 Å². The van der Waals surface area contributed by atoms with Crippen LogP contribution in [0.1, 0.15) is 0 Å². The molecular formula is C11H13N3O. The van der Waals surface area contributed by atoms with Crippen LogP contribution in [-0.4, -0.2) is 21.4 Å². The first-order valence-electron chi connectivity index (χ1n) is 4.82. The molecule has 0 radical (unpaired) electrons. The lowest BCUT2D eigenvalue weighted by Crippen LogP contribution is -2.11. The molecule has 4 heteroatoms. The van der Waals surface area contributed by atoms with Crippen molar-refractivity contribution in [2.24, 2.45) is 5.73 Å². The molecule has 1 aromatic heterocycles. The monoisotopic (exact) mass is 203 g/mol. The first-order chi connectivity index (χ1) is 7.31. The van der Waals surface area contributed by atoms with Gasteiger partial charge in [-0.2, -0.15) is 5.10 Å². The van der Waals surface area contributed by atoms with Crippen molar-refractivity contribution >= 4 is 0 Å². The van der Waals surface area contributed by atoms with Crippen molar-refractivity contribution in [3.63, 3.8) is 0 Å². The highest BCUT2D eigenvalue weighted by Crippen LogP contribution is 2.22. The van der Waals surface area contributed by atoms with Gasteiger partial charge in [-0.1, -0.05) is 12.1 Å². The number of phenols is 1. The van der Waals surface area contributed by atoms with Gasteiger partial charge in [0.05, 0.1) is 12.2 Å². The third kappa shape index (κ3) is 1.99. The Bertz CT molecular complexity index is 451. The molecule has 2 rings (SSSR count). The molecule has 0 fully saturated rings. The standard InChI is InChI=1S/C11H13N3O/c12-5-7-14-11(4-6-13-14)9-2-1-3-10(15)8-9/h1-4,6,8,15H,5,7,12H2. The Kier molecular flexibility index (Phi) is 2.69. The van der Waals surface area contributed by atoms with Crippen LogP contribution in [0.4, 0.5) is 0 Å². The molecule has 0 aliphatic heterocycles. The maximum Gasteiger partial charge on any atom is 0.116 e. The molecule has 0 saturated heterocycles. The third-order valence-electron chi connectivity index (χ3n) is 2.20. The Labute approximate surface area is 88.0 Å². The van der Waals surface area contributed by atoms with Gasteiger partial charge in [-0.25, -0.2) is 0 Å². The highest BCUT2D eigenvalue weighted by Gasteiger charge is 2.04. The molecule has 2 aromatic rings. The molecule has 0 bridgehead atoms. The summed E-state index contributed by atoms with van der Waals surface area (Å²) in [5.74, 6) is 0.257. The molecule has 0 atom stereocenters. The predicted octanol–water partition coefficient (Wildman–Crippen LogP) is 1.21. The Hall–Kier alpha value is -1.81. The summed E-state index contributed by atoms with van der Waals surface area (Å²) in [7, 11) is 0. The van der Waals surface area contributed by atoms with E-state index in [1.807, 2.05) is 22.9 Å². The Morgan fingerprint density at radius 3 is 2.93 bits per heavy atom. The Morgan fingerprint density at radius 1 is 1.33 bits per heavy atom. The van der Waals surface area contributed by atoms with E-state index >= 15 is 0 Å². The van der Waals surface area contributed by atoms with Crippen LogP contribution in [0.15, 0.2) is 36.5 Å². The van der Waals surface area contributed by atoms with Crippen LogP contribution in [0.2, 0.25) is 0 Å². The third-order valence-corrected chi connectivity index (χ3v) is 2.20. The highest BCUT2D eigenvalue weighted by molar-refractivity contribution is 5.61. The van der Waals surface area contributed by atoms with E-state index in [2.05, 4.69) is 5.10 Å². The van der Waals surface area contributed by atoms with Crippen molar-refractivity contribution in [2.75, 3.05) is 6.54 Å². The van der Waals surface area contributed by atoms with Gasteiger partial charge in [-0.3, -0.25) is 4.68 Å². The minimum atomic E-state index is 0.257. The molecule has 0 aliphatic carbocycles. The van der Waals surface area contributed by atoms with Gasteiger partial charge < -0.3 is 10.8 Å². The quantitative estimate of drug-likeness (QED) is 0.788. The molecular weight excluding hydrogens is 190 g/mol. The van der Waals surface area contributed by atoms with Gasteiger partial charge in [0.1, 0.15) is 5.75 Å². The fourth-order valence-electron chi connectivity index (χ4n) is 1.54. The van der Waals surface area contributed by atoms with Crippen molar-refractivity contribution in [1.29, 1.82) is 0 Å². The number of aromatic nitrogens is 2. The van der Waals surface area contributed by atoms with Crippen LogP contribution in [0.3, 0.4) is 0 Å². The fraction of sp³-hybridized carbons (Fsp3) is 0.182. The number of rotatable bonds is 3. The zero-order chi connectivity index (χ0) is 10.7. The zero-order valence-electron chi connectivity index (χ0n) is 8.30. The minimum absolute atomic E-state index is 0.257. The van der Waals surface area contributed by atoms with E-state index in [1.54, 1.807) is 18.3 Å². The summed E-state index contributed by atoms with van der Waals surface area (Å²) < 4.78 is 1.83. The summed E-state index contributed by atoms with van der Waals surface area (Å²) in [5, 5.41) is 13.5. The van der Waals surface area contributed by atoms with E-state index < -0.39 is 0 Å². The number of nitrogens with two attached hydrogens (primary N) is 1. The van der Waals surface area contributed by atoms with Crippen LogP contribution < -0.4 is 5.73 Å². The van der Waals surface area contributed by atoms with Gasteiger partial charge >= 0.3 is 0 Å². The molecule has 15 heavy (non-hydrogen) atoms. The summed E-state index contributed by atoms with van der Waals surface area (Å²) in [6, 6.07) is 9.01. The van der Waals surface area contributed by atoms with E-state index in [9.17, 15) is 5.11 Å². The molecule has 0 amide bonds. The normalized spacial score (nSPS) is 10.5. The topological polar surface area (TPSA) is 64.1 Å². The van der Waals surface area contributed by atoms with Gasteiger partial charge in [-0.15, -0.1) is 0 Å². The lowest BCUT2D eigenvalue weighted by molar-refractivity contribution is 0.475. The molecule has 0 saturated carbocycles. The Morgan fingerprint density at radius 2 is 2.20 bits per heavy atom. The lowest BCUT2D eigenvalue weighted by Gasteiger charge is -2.06. The van der Waals surface area contributed by atoms with Crippen molar-refractivity contribution < 1.29 is 5.11 Å². The largest absolute Gasteiger partial charge is 0.508 e. The maximum absolute atomic E-state index is 9.38. The van der Waals surface area contributed by atoms with E-state index in [1.165, 1.54) is 0 Å². The minimum Gasteiger partial charge on any atom is -0.508 e. The number of benzene rings is 1. The first kappa shape index (κ1) is 9.73. The number of aromatic hydroxyl groups is 1. The van der Waals surface area contributed by atoms with E-state index in [-0.39, 0.29) is 5.75 Å². The average Bonchev–Trinajstić information content (AvgIpc) is 2.66. The SMILES string of the molecule is NCCn1nccc1-c1cccc(O)c1. The second kappa shape index (κ2) is 4.14. The number of phenolic OH excluding ortho intramolecular Hbond substituents is 1. The smallest absolute Gasteiger partial charge is 0.116 e. The summed E-state index contributed by atoms with van der Waals surface area (Å²) in [6.07, 6.45) is 1.73. The van der Waals surface area contributed by atoms with Crippen LogP contribution in [0.5, 0.6) is 5.75 Å². The highest BCUT2D eigenvalue weighted by atomic mass is 16.3. The van der Waals surface area contributed by atoms with Crippen LogP contribution >= 0.6 is 0 Å². The van der Waals surface area contributed by atoms with Crippen molar-refractivity contribution in [1.82, 2.24) is 9.78 Å².